The average Bonchev–Trinajstić information content (AvgIpc) is 3.40. The smallest absolute Gasteiger partial charge is 0.497 e. The highest BCUT2D eigenvalue weighted by Gasteiger charge is 2.32. The Labute approximate surface area is 224 Å². The van der Waals surface area contributed by atoms with Gasteiger partial charge >= 0.3 is 12.3 Å². The third-order valence-electron chi connectivity index (χ3n) is 6.15. The van der Waals surface area contributed by atoms with Gasteiger partial charge in [-0.3, -0.25) is 0 Å². The lowest BCUT2D eigenvalue weighted by atomic mass is 10.0. The maximum atomic E-state index is 13.0. The molecule has 2 aromatic heterocycles. The van der Waals surface area contributed by atoms with E-state index in [2.05, 4.69) is 9.89 Å². The molecular weight excluding hydrogens is 541 g/mol. The minimum atomic E-state index is -4.87. The summed E-state index contributed by atoms with van der Waals surface area (Å²) in [5.41, 5.74) is 3.30. The molecule has 0 saturated carbocycles. The van der Waals surface area contributed by atoms with Crippen LogP contribution in [0.25, 0.3) is 33.1 Å². The van der Waals surface area contributed by atoms with E-state index in [1.807, 2.05) is 6.92 Å². The number of alkyl halides is 3. The lowest BCUT2D eigenvalue weighted by Gasteiger charge is -2.13. The number of methoxy groups -OCH3 is 1. The van der Waals surface area contributed by atoms with Crippen molar-refractivity contribution >= 4 is 39.4 Å². The molecule has 0 radical (unpaired) electrons. The molecule has 0 bridgehead atoms. The summed E-state index contributed by atoms with van der Waals surface area (Å²) in [5, 5.41) is 14.9. The van der Waals surface area contributed by atoms with E-state index in [9.17, 15) is 18.0 Å². The highest BCUT2D eigenvalue weighted by Crippen LogP contribution is 2.41. The van der Waals surface area contributed by atoms with E-state index in [4.69, 9.17) is 30.7 Å². The topological polar surface area (TPSA) is 96.0 Å². The van der Waals surface area contributed by atoms with Gasteiger partial charge in [0.15, 0.2) is 12.2 Å². The van der Waals surface area contributed by atoms with Gasteiger partial charge in [0.1, 0.15) is 22.9 Å². The second-order valence-corrected chi connectivity index (χ2v) is 9.01. The van der Waals surface area contributed by atoms with Crippen LogP contribution < -0.4 is 14.2 Å². The molecule has 0 unspecified atom stereocenters. The van der Waals surface area contributed by atoms with Crippen LogP contribution in [-0.2, 0) is 11.3 Å². The molecule has 0 aliphatic rings. The van der Waals surface area contributed by atoms with Gasteiger partial charge in [0.05, 0.1) is 18.0 Å². The molecule has 0 aliphatic heterocycles. The molecule has 3 aromatic carbocycles. The molecule has 5 rings (SSSR count). The van der Waals surface area contributed by atoms with Crippen LogP contribution in [0.1, 0.15) is 11.3 Å². The summed E-state index contributed by atoms with van der Waals surface area (Å²) < 4.78 is 61.1. The summed E-state index contributed by atoms with van der Waals surface area (Å²) in [6.07, 6.45) is -4.87. The first kappa shape index (κ1) is 26.2. The Morgan fingerprint density at radius 1 is 1.05 bits per heavy atom. The summed E-state index contributed by atoms with van der Waals surface area (Å²) in [7, 11) is 1.53. The van der Waals surface area contributed by atoms with E-state index in [1.54, 1.807) is 34.9 Å². The molecule has 0 atom stereocenters. The molecule has 8 nitrogen and oxygen atoms in total. The number of ether oxygens (including phenoxy) is 3. The third kappa shape index (κ3) is 5.30. The van der Waals surface area contributed by atoms with Gasteiger partial charge in [-0.1, -0.05) is 16.8 Å². The van der Waals surface area contributed by atoms with Gasteiger partial charge in [-0.15, -0.1) is 13.2 Å². The number of halogens is 4. The van der Waals surface area contributed by atoms with Gasteiger partial charge in [0, 0.05) is 40.3 Å². The minimum Gasteiger partial charge on any atom is -0.497 e. The van der Waals surface area contributed by atoms with Gasteiger partial charge in [-0.2, -0.15) is 0 Å². The number of hydrogen-bond donors (Lipinski definition) is 1. The van der Waals surface area contributed by atoms with Crippen LogP contribution in [0.5, 0.6) is 17.2 Å². The van der Waals surface area contributed by atoms with Gasteiger partial charge in [-0.25, -0.2) is 4.79 Å². The number of fused-ring (bicyclic) bond motifs is 2. The predicted molar refractivity (Wildman–Crippen MR) is 137 cm³/mol. The maximum Gasteiger partial charge on any atom is 0.573 e. The van der Waals surface area contributed by atoms with Crippen molar-refractivity contribution in [3.8, 4) is 28.5 Å². The van der Waals surface area contributed by atoms with Crippen molar-refractivity contribution in [2.75, 3.05) is 13.7 Å². The van der Waals surface area contributed by atoms with Crippen LogP contribution >= 0.6 is 11.6 Å². The second kappa shape index (κ2) is 10.1. The van der Waals surface area contributed by atoms with E-state index in [0.717, 1.165) is 0 Å². The Balaban J connectivity index is 1.67. The number of rotatable bonds is 8. The summed E-state index contributed by atoms with van der Waals surface area (Å²) >= 11 is 6.45. The number of nitrogens with zero attached hydrogens (tertiary/aromatic N) is 2. The van der Waals surface area contributed by atoms with E-state index in [1.165, 1.54) is 31.4 Å². The number of hydrogen-bond acceptors (Lipinski definition) is 6. The molecule has 0 saturated heterocycles. The molecule has 202 valence electrons. The Morgan fingerprint density at radius 3 is 2.49 bits per heavy atom. The lowest BCUT2D eigenvalue weighted by molar-refractivity contribution is -0.274. The molecule has 2 heterocycles. The molecule has 0 aliphatic carbocycles. The molecule has 39 heavy (non-hydrogen) atoms. The van der Waals surface area contributed by atoms with Crippen LogP contribution in [0.4, 0.5) is 13.2 Å². The predicted octanol–water partition coefficient (Wildman–Crippen LogP) is 6.83. The van der Waals surface area contributed by atoms with E-state index in [-0.39, 0.29) is 18.0 Å². The van der Waals surface area contributed by atoms with Crippen molar-refractivity contribution in [2.45, 2.75) is 19.8 Å². The minimum absolute atomic E-state index is 0.129. The summed E-state index contributed by atoms with van der Waals surface area (Å²) in [6.45, 7) is 1.39. The van der Waals surface area contributed by atoms with Crippen molar-refractivity contribution in [3.63, 3.8) is 0 Å². The van der Waals surface area contributed by atoms with E-state index in [0.29, 0.717) is 55.2 Å². The van der Waals surface area contributed by atoms with Crippen molar-refractivity contribution in [3.05, 3.63) is 70.9 Å². The van der Waals surface area contributed by atoms with E-state index < -0.39 is 18.9 Å². The molecular formula is C27H20ClF3N2O6. The van der Waals surface area contributed by atoms with Crippen LogP contribution in [0, 0.1) is 6.92 Å². The Kier molecular flexibility index (Phi) is 6.77. The fourth-order valence-electron chi connectivity index (χ4n) is 4.46. The number of benzene rings is 3. The molecule has 0 amide bonds. The zero-order chi connectivity index (χ0) is 27.9. The lowest BCUT2D eigenvalue weighted by Crippen LogP contribution is -2.17. The molecule has 12 heteroatoms. The number of carbonyl (C=O) groups is 1. The Bertz CT molecular complexity index is 1710. The van der Waals surface area contributed by atoms with Gasteiger partial charge < -0.3 is 28.4 Å². The standard InChI is InChI=1S/C27H20ClF3N2O6/c1-14-25(26-20-7-3-16(36-2)11-23(20)39-32-26)19-6-4-18(38-27(29,30)31)10-22(19)33(14)12-15-9-17(5-8-21(15)28)37-13-24(34)35/h3-11H,12-13H2,1-2H3,(H,34,35). The zero-order valence-electron chi connectivity index (χ0n) is 20.5. The fourth-order valence-corrected chi connectivity index (χ4v) is 4.64. The highest BCUT2D eigenvalue weighted by molar-refractivity contribution is 6.31. The second-order valence-electron chi connectivity index (χ2n) is 8.60. The maximum absolute atomic E-state index is 13.0. The van der Waals surface area contributed by atoms with Crippen molar-refractivity contribution in [2.24, 2.45) is 0 Å². The molecule has 1 N–H and O–H groups in total. The summed E-state index contributed by atoms with van der Waals surface area (Å²) in [6, 6.07) is 14.0. The third-order valence-corrected chi connectivity index (χ3v) is 6.52. The van der Waals surface area contributed by atoms with Crippen LogP contribution in [0.3, 0.4) is 0 Å². The fraction of sp³-hybridized carbons (Fsp3) is 0.185. The number of carboxylic acid groups (broad SMARTS) is 1. The van der Waals surface area contributed by atoms with Crippen LogP contribution in [0.15, 0.2) is 59.1 Å². The molecule has 0 fully saturated rings. The first-order valence-corrected chi connectivity index (χ1v) is 11.9. The first-order valence-electron chi connectivity index (χ1n) is 11.5. The quantitative estimate of drug-likeness (QED) is 0.222. The normalized spacial score (nSPS) is 11.7. The monoisotopic (exact) mass is 560 g/mol. The van der Waals surface area contributed by atoms with E-state index >= 15 is 0 Å². The molecule has 5 aromatic rings. The zero-order valence-corrected chi connectivity index (χ0v) is 21.3. The Hall–Kier alpha value is -4.38. The number of carboxylic acids is 1. The van der Waals surface area contributed by atoms with Gasteiger partial charge in [0.25, 0.3) is 0 Å². The van der Waals surface area contributed by atoms with Crippen LogP contribution in [0.2, 0.25) is 5.02 Å². The SMILES string of the molecule is COc1ccc2c(-c3c(C)n(Cc4cc(OCC(=O)O)ccc4Cl)c4cc(OC(F)(F)F)ccc34)noc2c1. The van der Waals surface area contributed by atoms with Gasteiger partial charge in [-0.05, 0) is 55.0 Å². The summed E-state index contributed by atoms with van der Waals surface area (Å²) in [4.78, 5) is 10.9. The number of aromatic nitrogens is 2. The number of aliphatic carboxylic acids is 1. The van der Waals surface area contributed by atoms with Crippen molar-refractivity contribution in [1.82, 2.24) is 9.72 Å². The van der Waals surface area contributed by atoms with Gasteiger partial charge in [0.2, 0.25) is 0 Å². The Morgan fingerprint density at radius 2 is 1.77 bits per heavy atom. The van der Waals surface area contributed by atoms with Crippen molar-refractivity contribution in [1.29, 1.82) is 0 Å². The first-order chi connectivity index (χ1) is 18.5. The van der Waals surface area contributed by atoms with Crippen molar-refractivity contribution < 1.29 is 41.8 Å². The summed E-state index contributed by atoms with van der Waals surface area (Å²) in [5.74, 6) is -0.667. The molecule has 0 spiro atoms. The highest BCUT2D eigenvalue weighted by atomic mass is 35.5. The largest absolute Gasteiger partial charge is 0.573 e. The average molecular weight is 561 g/mol. The van der Waals surface area contributed by atoms with Crippen LogP contribution in [-0.4, -0.2) is 40.9 Å².